The lowest BCUT2D eigenvalue weighted by Gasteiger charge is -2.30. The van der Waals surface area contributed by atoms with Gasteiger partial charge < -0.3 is 19.9 Å². The Kier molecular flexibility index (Phi) is 4.67. The van der Waals surface area contributed by atoms with Crippen LogP contribution in [0.2, 0.25) is 0 Å². The highest BCUT2D eigenvalue weighted by atomic mass is 16.4. The maximum atomic E-state index is 11.9. The van der Waals surface area contributed by atoms with Gasteiger partial charge in [0, 0.05) is 17.8 Å². The van der Waals surface area contributed by atoms with Gasteiger partial charge in [0.25, 0.3) is 0 Å². The number of furan rings is 1. The fourth-order valence-corrected chi connectivity index (χ4v) is 3.46. The molecule has 0 saturated carbocycles. The number of rotatable bonds is 5. The van der Waals surface area contributed by atoms with E-state index in [1.807, 2.05) is 18.2 Å². The van der Waals surface area contributed by atoms with Crippen LogP contribution in [0.25, 0.3) is 0 Å². The lowest BCUT2D eigenvalue weighted by Crippen LogP contribution is -2.31. The monoisotopic (exact) mass is 353 g/mol. The van der Waals surface area contributed by atoms with Gasteiger partial charge >= 0.3 is 11.9 Å². The van der Waals surface area contributed by atoms with E-state index in [4.69, 9.17) is 4.42 Å². The van der Waals surface area contributed by atoms with Gasteiger partial charge in [-0.2, -0.15) is 0 Å². The van der Waals surface area contributed by atoms with E-state index >= 15 is 0 Å². The smallest absolute Gasteiger partial charge is 0.334 e. The molecule has 0 saturated heterocycles. The van der Waals surface area contributed by atoms with Crippen LogP contribution in [0.4, 0.5) is 0 Å². The number of dihydropyridines is 1. The predicted octanol–water partition coefficient (Wildman–Crippen LogP) is 3.27. The number of carbonyl (C=O) groups is 2. The van der Waals surface area contributed by atoms with Crippen molar-refractivity contribution < 1.29 is 24.2 Å². The molecule has 6 heteroatoms. The number of benzene rings is 1. The first-order chi connectivity index (χ1) is 12.4. The summed E-state index contributed by atoms with van der Waals surface area (Å²) in [6, 6.07) is 9.15. The summed E-state index contributed by atoms with van der Waals surface area (Å²) in [5.41, 5.74) is 3.45. The van der Waals surface area contributed by atoms with Gasteiger partial charge in [-0.3, -0.25) is 0 Å². The number of aliphatic carboxylic acids is 2. The zero-order valence-corrected chi connectivity index (χ0v) is 14.4. The van der Waals surface area contributed by atoms with Gasteiger partial charge in [-0.1, -0.05) is 24.3 Å². The van der Waals surface area contributed by atoms with Crippen LogP contribution in [0.5, 0.6) is 0 Å². The summed E-state index contributed by atoms with van der Waals surface area (Å²) in [4.78, 5) is 23.8. The topological polar surface area (TPSA) is 99.8 Å². The van der Waals surface area contributed by atoms with E-state index in [9.17, 15) is 19.8 Å². The van der Waals surface area contributed by atoms with Crippen LogP contribution in [-0.4, -0.2) is 22.2 Å². The molecule has 1 aliphatic heterocycles. The summed E-state index contributed by atoms with van der Waals surface area (Å²) in [5, 5.41) is 22.4. The van der Waals surface area contributed by atoms with Gasteiger partial charge in [0.15, 0.2) is 0 Å². The zero-order chi connectivity index (χ0) is 18.8. The number of carboxylic acids is 2. The Morgan fingerprint density at radius 1 is 1.04 bits per heavy atom. The number of allylic oxidation sites excluding steroid dienone is 2. The molecule has 6 nitrogen and oxygen atoms in total. The highest BCUT2D eigenvalue weighted by Gasteiger charge is 2.37. The van der Waals surface area contributed by atoms with E-state index < -0.39 is 17.9 Å². The molecule has 0 unspecified atom stereocenters. The molecule has 2 aromatic rings. The molecule has 2 heterocycles. The Bertz CT molecular complexity index is 885. The first-order valence-electron chi connectivity index (χ1n) is 8.14. The van der Waals surface area contributed by atoms with Crippen LogP contribution < -0.4 is 5.32 Å². The minimum absolute atomic E-state index is 0.0487. The van der Waals surface area contributed by atoms with Gasteiger partial charge in [-0.25, -0.2) is 9.59 Å². The second kappa shape index (κ2) is 6.92. The molecule has 0 bridgehead atoms. The summed E-state index contributed by atoms with van der Waals surface area (Å²) in [7, 11) is 0. The summed E-state index contributed by atoms with van der Waals surface area (Å²) in [6.07, 6.45) is 3.72. The Balaban J connectivity index is 2.19. The summed E-state index contributed by atoms with van der Waals surface area (Å²) >= 11 is 0. The molecule has 0 spiro atoms. The van der Waals surface area contributed by atoms with E-state index in [0.29, 0.717) is 23.4 Å². The first kappa shape index (κ1) is 17.5. The third-order valence-electron chi connectivity index (χ3n) is 4.56. The van der Waals surface area contributed by atoms with Crippen molar-refractivity contribution in [1.29, 1.82) is 0 Å². The van der Waals surface area contributed by atoms with Crippen molar-refractivity contribution in [3.8, 4) is 0 Å². The fourth-order valence-electron chi connectivity index (χ4n) is 3.46. The van der Waals surface area contributed by atoms with E-state index in [2.05, 4.69) is 5.32 Å². The van der Waals surface area contributed by atoms with Crippen LogP contribution in [0.3, 0.4) is 0 Å². The van der Waals surface area contributed by atoms with Crippen molar-refractivity contribution >= 4 is 11.9 Å². The van der Waals surface area contributed by atoms with Crippen LogP contribution in [0.1, 0.15) is 36.5 Å². The third-order valence-corrected chi connectivity index (χ3v) is 4.56. The quantitative estimate of drug-likeness (QED) is 0.763. The summed E-state index contributed by atoms with van der Waals surface area (Å²) < 4.78 is 5.11. The molecular formula is C20H19NO5. The van der Waals surface area contributed by atoms with Crippen LogP contribution in [-0.2, 0) is 16.0 Å². The second-order valence-electron chi connectivity index (χ2n) is 6.25. The molecule has 0 amide bonds. The Labute approximate surface area is 150 Å². The van der Waals surface area contributed by atoms with Crippen molar-refractivity contribution in [3.05, 3.63) is 82.1 Å². The molecule has 1 aliphatic rings. The van der Waals surface area contributed by atoms with E-state index in [1.54, 1.807) is 38.5 Å². The Morgan fingerprint density at radius 3 is 2.19 bits per heavy atom. The normalized spacial score (nSPS) is 15.2. The van der Waals surface area contributed by atoms with Crippen LogP contribution in [0, 0.1) is 0 Å². The molecule has 0 fully saturated rings. The molecule has 26 heavy (non-hydrogen) atoms. The number of nitrogens with one attached hydrogen (secondary N) is 1. The zero-order valence-electron chi connectivity index (χ0n) is 14.4. The van der Waals surface area contributed by atoms with Crippen LogP contribution in [0.15, 0.2) is 69.8 Å². The van der Waals surface area contributed by atoms with Gasteiger partial charge in [-0.15, -0.1) is 0 Å². The van der Waals surface area contributed by atoms with Crippen molar-refractivity contribution in [3.63, 3.8) is 0 Å². The average molecular weight is 353 g/mol. The Morgan fingerprint density at radius 2 is 1.65 bits per heavy atom. The number of carboxylic acid groups (broad SMARTS) is 2. The van der Waals surface area contributed by atoms with Crippen molar-refractivity contribution in [2.24, 2.45) is 0 Å². The SMILES string of the molecule is CC1=C(C(=O)O)C(c2ccccc2Cc2ccoc2)C(C(=O)O)=C(C)N1. The lowest BCUT2D eigenvalue weighted by atomic mass is 9.78. The average Bonchev–Trinajstić information content (AvgIpc) is 3.06. The molecule has 3 N–H and O–H groups in total. The Hall–Kier alpha value is -3.28. The molecule has 0 radical (unpaired) electrons. The van der Waals surface area contributed by atoms with Gasteiger partial charge in [0.2, 0.25) is 0 Å². The molecule has 3 rings (SSSR count). The van der Waals surface area contributed by atoms with E-state index in [0.717, 1.165) is 11.1 Å². The van der Waals surface area contributed by atoms with E-state index in [-0.39, 0.29) is 11.1 Å². The number of hydrogen-bond acceptors (Lipinski definition) is 4. The van der Waals surface area contributed by atoms with Gasteiger partial charge in [0.05, 0.1) is 29.6 Å². The standard InChI is InChI=1S/C20H19NO5/c1-11-16(19(22)23)18(17(20(24)25)12(2)21-11)15-6-4-3-5-14(15)9-13-7-8-26-10-13/h3-8,10,18,21H,9H2,1-2H3,(H,22,23)(H,24,25). The fraction of sp³-hybridized carbons (Fsp3) is 0.200. The molecule has 0 aliphatic carbocycles. The van der Waals surface area contributed by atoms with Crippen molar-refractivity contribution in [2.75, 3.05) is 0 Å². The maximum absolute atomic E-state index is 11.9. The van der Waals surface area contributed by atoms with E-state index in [1.165, 1.54) is 0 Å². The third kappa shape index (κ3) is 3.13. The van der Waals surface area contributed by atoms with Crippen molar-refractivity contribution in [2.45, 2.75) is 26.2 Å². The minimum Gasteiger partial charge on any atom is -0.478 e. The van der Waals surface area contributed by atoms with Gasteiger partial charge in [0.1, 0.15) is 0 Å². The molecular weight excluding hydrogens is 334 g/mol. The second-order valence-corrected chi connectivity index (χ2v) is 6.25. The molecule has 1 aromatic carbocycles. The first-order valence-corrected chi connectivity index (χ1v) is 8.14. The maximum Gasteiger partial charge on any atom is 0.334 e. The summed E-state index contributed by atoms with van der Waals surface area (Å²) in [5.74, 6) is -3.12. The van der Waals surface area contributed by atoms with Crippen molar-refractivity contribution in [1.82, 2.24) is 5.32 Å². The molecule has 0 atom stereocenters. The summed E-state index contributed by atoms with van der Waals surface area (Å²) in [6.45, 7) is 3.30. The van der Waals surface area contributed by atoms with Crippen LogP contribution >= 0.6 is 0 Å². The predicted molar refractivity (Wildman–Crippen MR) is 94.5 cm³/mol. The lowest BCUT2D eigenvalue weighted by molar-refractivity contribution is -0.133. The molecule has 134 valence electrons. The minimum atomic E-state index is -1.13. The highest BCUT2D eigenvalue weighted by molar-refractivity contribution is 5.98. The largest absolute Gasteiger partial charge is 0.478 e. The van der Waals surface area contributed by atoms with Gasteiger partial charge in [-0.05, 0) is 36.6 Å². The molecule has 1 aromatic heterocycles. The number of hydrogen-bond donors (Lipinski definition) is 3. The highest BCUT2D eigenvalue weighted by Crippen LogP contribution is 2.40.